The van der Waals surface area contributed by atoms with Gasteiger partial charge < -0.3 is 5.32 Å². The van der Waals surface area contributed by atoms with E-state index in [-0.39, 0.29) is 6.67 Å². The van der Waals surface area contributed by atoms with Crippen LogP contribution in [-0.2, 0) is 0 Å². The molecule has 0 fully saturated rings. The third kappa shape index (κ3) is 3.07. The first-order chi connectivity index (χ1) is 6.65. The fourth-order valence-electron chi connectivity index (χ4n) is 1.58. The number of aryl methyl sites for hydroxylation is 2. The molecule has 1 N–H and O–H groups in total. The largest absolute Gasteiger partial charge is 0.310 e. The van der Waals surface area contributed by atoms with E-state index >= 15 is 0 Å². The minimum absolute atomic E-state index is 0.235. The van der Waals surface area contributed by atoms with Crippen LogP contribution in [0.4, 0.5) is 4.39 Å². The number of alkyl halides is 1. The lowest BCUT2D eigenvalue weighted by Gasteiger charge is -2.12. The van der Waals surface area contributed by atoms with Crippen LogP contribution in [0, 0.1) is 13.8 Å². The Hall–Kier alpha value is -0.410. The van der Waals surface area contributed by atoms with Gasteiger partial charge in [0.25, 0.3) is 0 Å². The summed E-state index contributed by atoms with van der Waals surface area (Å²) in [5.41, 5.74) is 1.35. The molecule has 0 aliphatic heterocycles. The quantitative estimate of drug-likeness (QED) is 0.742. The number of hydrogen-bond donors (Lipinski definition) is 1. The summed E-state index contributed by atoms with van der Waals surface area (Å²) in [7, 11) is 0. The maximum atomic E-state index is 11.9. The molecule has 0 aliphatic carbocycles. The van der Waals surface area contributed by atoms with Crippen molar-refractivity contribution in [3.8, 4) is 0 Å². The molecule has 1 heterocycles. The van der Waals surface area contributed by atoms with Crippen molar-refractivity contribution >= 4 is 11.3 Å². The number of nitrogens with one attached hydrogen (secondary N) is 1. The predicted octanol–water partition coefficient (Wildman–Crippen LogP) is 3.38. The van der Waals surface area contributed by atoms with Gasteiger partial charge in [-0.25, -0.2) is 0 Å². The van der Waals surface area contributed by atoms with E-state index in [0.29, 0.717) is 12.5 Å². The summed E-state index contributed by atoms with van der Waals surface area (Å²) in [6.45, 7) is 6.91. The first-order valence-corrected chi connectivity index (χ1v) is 5.83. The van der Waals surface area contributed by atoms with Gasteiger partial charge in [-0.3, -0.25) is 4.39 Å². The highest BCUT2D eigenvalue weighted by Crippen LogP contribution is 2.25. The molecule has 1 nitrogen and oxygen atoms in total. The number of hydrogen-bond acceptors (Lipinski definition) is 2. The molecule has 0 aliphatic rings. The maximum absolute atomic E-state index is 11.9. The van der Waals surface area contributed by atoms with Crippen LogP contribution in [0.5, 0.6) is 0 Å². The van der Waals surface area contributed by atoms with Crippen LogP contribution in [0.25, 0.3) is 0 Å². The maximum Gasteiger partial charge on any atom is 0.0906 e. The van der Waals surface area contributed by atoms with E-state index in [4.69, 9.17) is 0 Å². The lowest BCUT2D eigenvalue weighted by molar-refractivity contribution is 0.446. The minimum atomic E-state index is -0.235. The molecule has 14 heavy (non-hydrogen) atoms. The summed E-state index contributed by atoms with van der Waals surface area (Å²) in [6, 6.07) is 2.55. The molecule has 1 unspecified atom stereocenters. The van der Waals surface area contributed by atoms with E-state index in [2.05, 4.69) is 32.2 Å². The summed E-state index contributed by atoms with van der Waals surface area (Å²) < 4.78 is 11.9. The second-order valence-electron chi connectivity index (χ2n) is 3.59. The molecule has 1 rings (SSSR count). The first-order valence-electron chi connectivity index (χ1n) is 5.01. The van der Waals surface area contributed by atoms with Crippen molar-refractivity contribution in [1.29, 1.82) is 0 Å². The molecular weight excluding hydrogens is 197 g/mol. The highest BCUT2D eigenvalue weighted by Gasteiger charge is 2.09. The van der Waals surface area contributed by atoms with Gasteiger partial charge in [-0.1, -0.05) is 0 Å². The summed E-state index contributed by atoms with van der Waals surface area (Å²) in [6.07, 6.45) is 0.604. The Morgan fingerprint density at radius 2 is 2.21 bits per heavy atom. The summed E-state index contributed by atoms with van der Waals surface area (Å²) in [5.74, 6) is 0. The van der Waals surface area contributed by atoms with Crippen molar-refractivity contribution in [2.45, 2.75) is 33.2 Å². The van der Waals surface area contributed by atoms with Crippen LogP contribution in [0.3, 0.4) is 0 Å². The third-order valence-corrected chi connectivity index (χ3v) is 3.29. The molecule has 0 bridgehead atoms. The Morgan fingerprint density at radius 1 is 1.50 bits per heavy atom. The van der Waals surface area contributed by atoms with Crippen LogP contribution >= 0.6 is 11.3 Å². The average Bonchev–Trinajstić information content (AvgIpc) is 2.45. The molecular formula is C11H18FNS. The lowest BCUT2D eigenvalue weighted by Crippen LogP contribution is -2.20. The van der Waals surface area contributed by atoms with Gasteiger partial charge in [0.15, 0.2) is 0 Å². The van der Waals surface area contributed by atoms with Gasteiger partial charge in [-0.05, 0) is 45.4 Å². The molecule has 0 saturated carbocycles. The zero-order valence-corrected chi connectivity index (χ0v) is 9.88. The topological polar surface area (TPSA) is 12.0 Å². The summed E-state index contributed by atoms with van der Waals surface area (Å²) >= 11 is 1.82. The number of rotatable bonds is 5. The highest BCUT2D eigenvalue weighted by atomic mass is 32.1. The van der Waals surface area contributed by atoms with Gasteiger partial charge in [-0.15, -0.1) is 11.3 Å². The van der Waals surface area contributed by atoms with Gasteiger partial charge >= 0.3 is 0 Å². The standard InChI is InChI=1S/C11H18FNS/c1-8-7-11(10(3)14-8)9(2)13-6-4-5-12/h7,9,13H,4-6H2,1-3H3. The normalized spacial score (nSPS) is 13.1. The van der Waals surface area contributed by atoms with E-state index in [1.165, 1.54) is 15.3 Å². The van der Waals surface area contributed by atoms with E-state index < -0.39 is 0 Å². The second-order valence-corrected chi connectivity index (χ2v) is 5.05. The molecule has 3 heteroatoms. The molecule has 0 spiro atoms. The molecule has 0 radical (unpaired) electrons. The Bertz CT molecular complexity index is 283. The average molecular weight is 215 g/mol. The fourth-order valence-corrected chi connectivity index (χ4v) is 2.60. The number of thiophene rings is 1. The molecule has 80 valence electrons. The van der Waals surface area contributed by atoms with Crippen molar-refractivity contribution in [2.24, 2.45) is 0 Å². The van der Waals surface area contributed by atoms with Crippen molar-refractivity contribution in [3.05, 3.63) is 21.4 Å². The molecule has 0 amide bonds. The van der Waals surface area contributed by atoms with Gasteiger partial charge in [0.1, 0.15) is 0 Å². The van der Waals surface area contributed by atoms with Gasteiger partial charge in [0.2, 0.25) is 0 Å². The van der Waals surface area contributed by atoms with E-state index in [1.54, 1.807) is 0 Å². The zero-order chi connectivity index (χ0) is 10.6. The summed E-state index contributed by atoms with van der Waals surface area (Å²) in [5, 5.41) is 3.32. The lowest BCUT2D eigenvalue weighted by atomic mass is 10.1. The van der Waals surface area contributed by atoms with Crippen LogP contribution in [0.1, 0.15) is 34.7 Å². The van der Waals surface area contributed by atoms with Crippen LogP contribution in [0.2, 0.25) is 0 Å². The molecule has 0 saturated heterocycles. The van der Waals surface area contributed by atoms with Crippen LogP contribution in [0.15, 0.2) is 6.07 Å². The SMILES string of the molecule is Cc1cc(C(C)NCCCF)c(C)s1. The highest BCUT2D eigenvalue weighted by molar-refractivity contribution is 7.12. The Morgan fingerprint density at radius 3 is 2.71 bits per heavy atom. The fraction of sp³-hybridized carbons (Fsp3) is 0.636. The minimum Gasteiger partial charge on any atom is -0.310 e. The summed E-state index contributed by atoms with van der Waals surface area (Å²) in [4.78, 5) is 2.71. The number of halogens is 1. The van der Waals surface area contributed by atoms with Crippen molar-refractivity contribution in [1.82, 2.24) is 5.32 Å². The van der Waals surface area contributed by atoms with Crippen molar-refractivity contribution in [3.63, 3.8) is 0 Å². The second kappa shape index (κ2) is 5.47. The Balaban J connectivity index is 2.51. The predicted molar refractivity (Wildman–Crippen MR) is 60.8 cm³/mol. The first kappa shape index (κ1) is 11.7. The Kier molecular flexibility index (Phi) is 4.55. The van der Waals surface area contributed by atoms with E-state index in [9.17, 15) is 4.39 Å². The monoisotopic (exact) mass is 215 g/mol. The molecule has 1 aromatic rings. The van der Waals surface area contributed by atoms with E-state index in [1.807, 2.05) is 11.3 Å². The van der Waals surface area contributed by atoms with Gasteiger partial charge in [0.05, 0.1) is 6.67 Å². The van der Waals surface area contributed by atoms with Gasteiger partial charge in [-0.2, -0.15) is 0 Å². The van der Waals surface area contributed by atoms with Gasteiger partial charge in [0, 0.05) is 15.8 Å². The van der Waals surface area contributed by atoms with Crippen molar-refractivity contribution < 1.29 is 4.39 Å². The van der Waals surface area contributed by atoms with Crippen molar-refractivity contribution in [2.75, 3.05) is 13.2 Å². The molecule has 1 aromatic heterocycles. The zero-order valence-electron chi connectivity index (χ0n) is 9.06. The Labute approximate surface area is 89.3 Å². The van der Waals surface area contributed by atoms with Crippen LogP contribution in [-0.4, -0.2) is 13.2 Å². The van der Waals surface area contributed by atoms with E-state index in [0.717, 1.165) is 6.54 Å². The van der Waals surface area contributed by atoms with Crippen LogP contribution < -0.4 is 5.32 Å². The smallest absolute Gasteiger partial charge is 0.0906 e. The molecule has 0 aromatic carbocycles. The molecule has 1 atom stereocenters. The third-order valence-electron chi connectivity index (χ3n) is 2.31.